The fraction of sp³-hybridized carbons (Fsp3) is 0.238. The molecular weight excluding hydrogens is 473 g/mol. The number of pyridine rings is 1. The number of aromatic nitrogens is 1. The van der Waals surface area contributed by atoms with Gasteiger partial charge in [0.1, 0.15) is 10.7 Å². The lowest BCUT2D eigenvalue weighted by molar-refractivity contribution is 0.0693. The largest absolute Gasteiger partial charge is 0.336 e. The van der Waals surface area contributed by atoms with E-state index in [1.807, 2.05) is 19.1 Å². The number of fused-ring (bicyclic) bond motifs is 1. The molecule has 3 aromatic rings. The van der Waals surface area contributed by atoms with Crippen LogP contribution in [0.25, 0.3) is 10.9 Å². The number of sulfonamides is 1. The van der Waals surface area contributed by atoms with Gasteiger partial charge >= 0.3 is 0 Å². The van der Waals surface area contributed by atoms with Crippen molar-refractivity contribution in [1.82, 2.24) is 14.2 Å². The fourth-order valence-corrected chi connectivity index (χ4v) is 5.48. The van der Waals surface area contributed by atoms with E-state index in [-0.39, 0.29) is 36.6 Å². The molecule has 6 nitrogen and oxygen atoms in total. The van der Waals surface area contributed by atoms with Crippen LogP contribution in [0.15, 0.2) is 58.0 Å². The number of hydrogen-bond donors (Lipinski definition) is 0. The van der Waals surface area contributed by atoms with Gasteiger partial charge in [-0.3, -0.25) is 9.78 Å². The summed E-state index contributed by atoms with van der Waals surface area (Å²) < 4.78 is 42.5. The molecule has 0 saturated carbocycles. The predicted octanol–water partition coefficient (Wildman–Crippen LogP) is 3.59. The normalized spacial score (nSPS) is 15.5. The molecule has 1 fully saturated rings. The van der Waals surface area contributed by atoms with Crippen LogP contribution in [0.1, 0.15) is 15.9 Å². The molecule has 0 spiro atoms. The van der Waals surface area contributed by atoms with Gasteiger partial charge in [0.05, 0.1) is 11.1 Å². The van der Waals surface area contributed by atoms with E-state index in [0.717, 1.165) is 10.9 Å². The molecule has 1 saturated heterocycles. The molecule has 30 heavy (non-hydrogen) atoms. The molecule has 2 aromatic carbocycles. The maximum absolute atomic E-state index is 14.1. The highest BCUT2D eigenvalue weighted by Crippen LogP contribution is 2.26. The van der Waals surface area contributed by atoms with Gasteiger partial charge in [0.2, 0.25) is 10.0 Å². The average molecular weight is 492 g/mol. The number of amides is 1. The average Bonchev–Trinajstić information content (AvgIpc) is 2.72. The fourth-order valence-electron chi connectivity index (χ4n) is 3.55. The van der Waals surface area contributed by atoms with Gasteiger partial charge < -0.3 is 4.90 Å². The Morgan fingerprint density at radius 1 is 1.10 bits per heavy atom. The van der Waals surface area contributed by atoms with Crippen LogP contribution in [0.5, 0.6) is 0 Å². The first-order chi connectivity index (χ1) is 14.3. The van der Waals surface area contributed by atoms with Crippen LogP contribution in [0.3, 0.4) is 0 Å². The molecule has 156 valence electrons. The van der Waals surface area contributed by atoms with Gasteiger partial charge in [0.15, 0.2) is 0 Å². The number of para-hydroxylation sites is 1. The first kappa shape index (κ1) is 20.9. The summed E-state index contributed by atoms with van der Waals surface area (Å²) in [5.41, 5.74) is 1.35. The lowest BCUT2D eigenvalue weighted by Crippen LogP contribution is -2.50. The molecule has 0 N–H and O–H groups in total. The Balaban J connectivity index is 1.54. The Bertz CT molecular complexity index is 1240. The third-order valence-corrected chi connectivity index (χ3v) is 7.54. The number of benzene rings is 2. The third-order valence-electron chi connectivity index (χ3n) is 5.12. The second-order valence-electron chi connectivity index (χ2n) is 7.16. The standard InChI is InChI=1S/C21H19BrFN3O3S/c1-14-11-15-3-2-4-19(20(15)24-13-14)30(28,29)26-9-7-25(8-10-26)21(27)17-6-5-16(22)12-18(17)23/h2-6,11-13H,7-10H2,1H3. The number of carbonyl (C=O) groups excluding carboxylic acids is 1. The van der Waals surface area contributed by atoms with Crippen LogP contribution in [0.2, 0.25) is 0 Å². The molecule has 9 heteroatoms. The second kappa shape index (κ2) is 8.05. The van der Waals surface area contributed by atoms with Crippen LogP contribution in [0, 0.1) is 12.7 Å². The minimum absolute atomic E-state index is 0.0249. The molecule has 0 aliphatic carbocycles. The molecule has 4 rings (SSSR count). The Morgan fingerprint density at radius 3 is 2.53 bits per heavy atom. The second-order valence-corrected chi connectivity index (χ2v) is 9.98. The first-order valence-electron chi connectivity index (χ1n) is 9.37. The van der Waals surface area contributed by atoms with Crippen molar-refractivity contribution in [3.63, 3.8) is 0 Å². The van der Waals surface area contributed by atoms with E-state index >= 15 is 0 Å². The lowest BCUT2D eigenvalue weighted by atomic mass is 10.1. The van der Waals surface area contributed by atoms with Crippen LogP contribution in [0.4, 0.5) is 4.39 Å². The van der Waals surface area contributed by atoms with E-state index in [4.69, 9.17) is 0 Å². The van der Waals surface area contributed by atoms with Gasteiger partial charge in [-0.25, -0.2) is 12.8 Å². The smallest absolute Gasteiger partial charge is 0.256 e. The summed E-state index contributed by atoms with van der Waals surface area (Å²) in [4.78, 5) is 18.6. The van der Waals surface area contributed by atoms with Gasteiger partial charge in [0.25, 0.3) is 5.91 Å². The van der Waals surface area contributed by atoms with Gasteiger partial charge in [-0.2, -0.15) is 4.31 Å². The molecule has 1 aromatic heterocycles. The van der Waals surface area contributed by atoms with E-state index < -0.39 is 21.7 Å². The summed E-state index contributed by atoms with van der Waals surface area (Å²) in [7, 11) is -3.78. The van der Waals surface area contributed by atoms with E-state index in [9.17, 15) is 17.6 Å². The van der Waals surface area contributed by atoms with Crippen molar-refractivity contribution in [1.29, 1.82) is 0 Å². The SMILES string of the molecule is Cc1cnc2c(S(=O)(=O)N3CCN(C(=O)c4ccc(Br)cc4F)CC3)cccc2c1. The van der Waals surface area contributed by atoms with Gasteiger partial charge in [-0.05, 0) is 42.8 Å². The number of nitrogens with zero attached hydrogens (tertiary/aromatic N) is 3. The maximum Gasteiger partial charge on any atom is 0.256 e. The Hall–Kier alpha value is -2.36. The van der Waals surface area contributed by atoms with Crippen LogP contribution < -0.4 is 0 Å². The summed E-state index contributed by atoms with van der Waals surface area (Å²) in [6.07, 6.45) is 1.64. The van der Waals surface area contributed by atoms with Crippen LogP contribution in [-0.2, 0) is 10.0 Å². The number of hydrogen-bond acceptors (Lipinski definition) is 4. The third kappa shape index (κ3) is 3.84. The van der Waals surface area contributed by atoms with Crippen molar-refractivity contribution in [3.05, 3.63) is 70.1 Å². The summed E-state index contributed by atoms with van der Waals surface area (Å²) in [5, 5.41) is 0.760. The van der Waals surface area contributed by atoms with E-state index in [1.165, 1.54) is 21.3 Å². The minimum atomic E-state index is -3.78. The van der Waals surface area contributed by atoms with E-state index in [1.54, 1.807) is 24.4 Å². The highest BCUT2D eigenvalue weighted by atomic mass is 79.9. The summed E-state index contributed by atoms with van der Waals surface area (Å²) in [6, 6.07) is 11.2. The van der Waals surface area contributed by atoms with Gasteiger partial charge in [-0.15, -0.1) is 0 Å². The highest BCUT2D eigenvalue weighted by Gasteiger charge is 2.32. The first-order valence-corrected chi connectivity index (χ1v) is 11.6. The number of carbonyl (C=O) groups is 1. The number of piperazine rings is 1. The van der Waals surface area contributed by atoms with Crippen molar-refractivity contribution in [2.24, 2.45) is 0 Å². The van der Waals surface area contributed by atoms with Crippen molar-refractivity contribution in [2.45, 2.75) is 11.8 Å². The zero-order chi connectivity index (χ0) is 21.5. The molecule has 1 aliphatic heterocycles. The molecule has 0 bridgehead atoms. The van der Waals surface area contributed by atoms with Gasteiger partial charge in [-0.1, -0.05) is 28.1 Å². The van der Waals surface area contributed by atoms with E-state index in [0.29, 0.717) is 9.99 Å². The zero-order valence-corrected chi connectivity index (χ0v) is 18.6. The van der Waals surface area contributed by atoms with Crippen molar-refractivity contribution >= 4 is 42.8 Å². The summed E-state index contributed by atoms with van der Waals surface area (Å²) in [6.45, 7) is 2.54. The quantitative estimate of drug-likeness (QED) is 0.561. The molecule has 0 atom stereocenters. The van der Waals surface area contributed by atoms with Crippen LogP contribution in [-0.4, -0.2) is 54.7 Å². The highest BCUT2D eigenvalue weighted by molar-refractivity contribution is 9.10. The maximum atomic E-state index is 14.1. The van der Waals surface area contributed by atoms with Crippen molar-refractivity contribution < 1.29 is 17.6 Å². The molecule has 1 amide bonds. The van der Waals surface area contributed by atoms with Crippen LogP contribution >= 0.6 is 15.9 Å². The lowest BCUT2D eigenvalue weighted by Gasteiger charge is -2.34. The zero-order valence-electron chi connectivity index (χ0n) is 16.2. The van der Waals surface area contributed by atoms with E-state index in [2.05, 4.69) is 20.9 Å². The Morgan fingerprint density at radius 2 is 1.83 bits per heavy atom. The number of aryl methyl sites for hydroxylation is 1. The van der Waals surface area contributed by atoms with Gasteiger partial charge in [0, 0.05) is 42.2 Å². The number of halogens is 2. The number of rotatable bonds is 3. The molecular formula is C21H19BrFN3O3S. The monoisotopic (exact) mass is 491 g/mol. The molecule has 0 radical (unpaired) electrons. The van der Waals surface area contributed by atoms with Crippen molar-refractivity contribution in [3.8, 4) is 0 Å². The molecule has 2 heterocycles. The molecule has 1 aliphatic rings. The van der Waals surface area contributed by atoms with Crippen molar-refractivity contribution in [2.75, 3.05) is 26.2 Å². The minimum Gasteiger partial charge on any atom is -0.336 e. The Labute approximate surface area is 182 Å². The Kier molecular flexibility index (Phi) is 5.61. The summed E-state index contributed by atoms with van der Waals surface area (Å²) >= 11 is 3.17. The summed E-state index contributed by atoms with van der Waals surface area (Å²) in [5.74, 6) is -1.05. The predicted molar refractivity (Wildman–Crippen MR) is 115 cm³/mol. The molecule has 0 unspecified atom stereocenters. The topological polar surface area (TPSA) is 70.6 Å².